The number of aryl methyl sites for hydroxylation is 2. The molecule has 0 aromatic heterocycles. The van der Waals surface area contributed by atoms with Crippen molar-refractivity contribution in [3.63, 3.8) is 0 Å². The highest BCUT2D eigenvalue weighted by atomic mass is 32.2. The fourth-order valence-electron chi connectivity index (χ4n) is 2.49. The highest BCUT2D eigenvalue weighted by Gasteiger charge is 2.34. The van der Waals surface area contributed by atoms with Gasteiger partial charge in [0.05, 0.1) is 5.25 Å². The third-order valence-electron chi connectivity index (χ3n) is 3.77. The Morgan fingerprint density at radius 1 is 0.900 bits per heavy atom. The first-order valence-corrected chi connectivity index (χ1v) is 7.98. The molecule has 2 aromatic carbocycles. The van der Waals surface area contributed by atoms with E-state index in [0.717, 1.165) is 17.5 Å². The van der Waals surface area contributed by atoms with Crippen LogP contribution >= 0.6 is 0 Å². The van der Waals surface area contributed by atoms with Crippen molar-refractivity contribution in [2.24, 2.45) is 0 Å². The van der Waals surface area contributed by atoms with Crippen LogP contribution in [0.5, 0.6) is 0 Å². The van der Waals surface area contributed by atoms with Gasteiger partial charge < -0.3 is 0 Å². The Labute approximate surface area is 122 Å². The third kappa shape index (κ3) is 2.69. The van der Waals surface area contributed by atoms with E-state index in [1.165, 1.54) is 11.1 Å². The maximum absolute atomic E-state index is 12.2. The topological polar surface area (TPSA) is 26.3 Å². The van der Waals surface area contributed by atoms with Gasteiger partial charge in [0.25, 0.3) is 0 Å². The van der Waals surface area contributed by atoms with Crippen molar-refractivity contribution in [2.75, 3.05) is 0 Å². The second-order valence-electron chi connectivity index (χ2n) is 5.39. The Hall–Kier alpha value is -1.45. The average molecular weight is 286 g/mol. The summed E-state index contributed by atoms with van der Waals surface area (Å²) in [4.78, 5) is 0. The van der Waals surface area contributed by atoms with Crippen molar-refractivity contribution in [3.05, 3.63) is 70.8 Å². The van der Waals surface area contributed by atoms with Crippen LogP contribution in [0.4, 0.5) is 0 Å². The van der Waals surface area contributed by atoms with Gasteiger partial charge >= 0.3 is 0 Å². The highest BCUT2D eigenvalue weighted by molar-refractivity contribution is 7.80. The summed E-state index contributed by atoms with van der Waals surface area (Å²) in [5.41, 5.74) is 4.65. The molecule has 1 saturated heterocycles. The van der Waals surface area contributed by atoms with Crippen LogP contribution in [-0.4, -0.2) is 4.21 Å². The molecule has 2 aromatic rings. The van der Waals surface area contributed by atoms with Crippen LogP contribution in [0.25, 0.3) is 0 Å². The molecule has 3 heteroatoms. The minimum atomic E-state index is -1.25. The Kier molecular flexibility index (Phi) is 3.72. The van der Waals surface area contributed by atoms with Gasteiger partial charge in [0.15, 0.2) is 11.1 Å². The van der Waals surface area contributed by atoms with Gasteiger partial charge in [-0.1, -0.05) is 59.7 Å². The molecule has 2 nitrogen and oxygen atoms in total. The van der Waals surface area contributed by atoms with Gasteiger partial charge in [-0.05, 0) is 31.4 Å². The lowest BCUT2D eigenvalue weighted by Crippen LogP contribution is -1.98. The SMILES string of the molecule is Cc1ccc(C2CC(c3ccc(C)cc3)S(=O)O2)cc1. The number of hydrogen-bond acceptors (Lipinski definition) is 2. The van der Waals surface area contributed by atoms with Crippen molar-refractivity contribution in [3.8, 4) is 0 Å². The first-order chi connectivity index (χ1) is 9.63. The highest BCUT2D eigenvalue weighted by Crippen LogP contribution is 2.41. The minimum absolute atomic E-state index is 0.0260. The lowest BCUT2D eigenvalue weighted by atomic mass is 10.00. The van der Waals surface area contributed by atoms with Gasteiger partial charge in [0, 0.05) is 0 Å². The van der Waals surface area contributed by atoms with E-state index < -0.39 is 11.1 Å². The van der Waals surface area contributed by atoms with Crippen molar-refractivity contribution in [2.45, 2.75) is 31.6 Å². The molecule has 1 fully saturated rings. The molecule has 0 saturated carbocycles. The van der Waals surface area contributed by atoms with E-state index in [2.05, 4.69) is 62.4 Å². The molecular weight excluding hydrogens is 268 g/mol. The van der Waals surface area contributed by atoms with Crippen LogP contribution in [0.2, 0.25) is 0 Å². The Bertz CT molecular complexity index is 616. The molecule has 0 radical (unpaired) electrons. The molecule has 0 N–H and O–H groups in total. The second kappa shape index (κ2) is 5.51. The maximum Gasteiger partial charge on any atom is 0.163 e. The smallest absolute Gasteiger partial charge is 0.163 e. The molecule has 3 rings (SSSR count). The Balaban J connectivity index is 1.81. The zero-order valence-corrected chi connectivity index (χ0v) is 12.5. The number of rotatable bonds is 2. The van der Waals surface area contributed by atoms with Crippen LogP contribution in [0.15, 0.2) is 48.5 Å². The van der Waals surface area contributed by atoms with E-state index in [1.54, 1.807) is 0 Å². The standard InChI is InChI=1S/C17H18O2S/c1-12-3-7-14(8-4-12)16-11-17(20(18)19-16)15-9-5-13(2)6-10-15/h3-10,16-17H,11H2,1-2H3. The monoisotopic (exact) mass is 286 g/mol. The van der Waals surface area contributed by atoms with Crippen molar-refractivity contribution < 1.29 is 8.39 Å². The van der Waals surface area contributed by atoms with Gasteiger partial charge in [0.1, 0.15) is 6.10 Å². The van der Waals surface area contributed by atoms with E-state index in [4.69, 9.17) is 4.18 Å². The molecule has 1 aliphatic rings. The summed E-state index contributed by atoms with van der Waals surface area (Å²) in [5.74, 6) is 0. The quantitative estimate of drug-likeness (QED) is 0.828. The van der Waals surface area contributed by atoms with E-state index >= 15 is 0 Å². The van der Waals surface area contributed by atoms with Crippen LogP contribution < -0.4 is 0 Å². The zero-order chi connectivity index (χ0) is 14.1. The van der Waals surface area contributed by atoms with Crippen molar-refractivity contribution >= 4 is 11.1 Å². The molecule has 1 heterocycles. The van der Waals surface area contributed by atoms with E-state index in [9.17, 15) is 4.21 Å². The molecule has 20 heavy (non-hydrogen) atoms. The van der Waals surface area contributed by atoms with E-state index in [0.29, 0.717) is 0 Å². The van der Waals surface area contributed by atoms with Gasteiger partial charge in [-0.3, -0.25) is 4.18 Å². The number of benzene rings is 2. The van der Waals surface area contributed by atoms with Crippen LogP contribution in [-0.2, 0) is 15.3 Å². The third-order valence-corrected chi connectivity index (χ3v) is 5.12. The predicted molar refractivity (Wildman–Crippen MR) is 81.7 cm³/mol. The number of hydrogen-bond donors (Lipinski definition) is 0. The Morgan fingerprint density at radius 2 is 1.40 bits per heavy atom. The average Bonchev–Trinajstić information content (AvgIpc) is 2.82. The molecule has 104 valence electrons. The summed E-state index contributed by atoms with van der Waals surface area (Å²) < 4.78 is 17.9. The molecular formula is C17H18O2S. The van der Waals surface area contributed by atoms with Crippen LogP contribution in [0.1, 0.15) is 40.0 Å². The molecule has 0 bridgehead atoms. The maximum atomic E-state index is 12.2. The first kappa shape index (κ1) is 13.5. The van der Waals surface area contributed by atoms with Gasteiger partial charge in [0.2, 0.25) is 0 Å². The largest absolute Gasteiger partial charge is 0.282 e. The van der Waals surface area contributed by atoms with Gasteiger partial charge in [-0.15, -0.1) is 0 Å². The van der Waals surface area contributed by atoms with Crippen LogP contribution in [0.3, 0.4) is 0 Å². The lowest BCUT2D eigenvalue weighted by molar-refractivity contribution is 0.254. The summed E-state index contributed by atoms with van der Waals surface area (Å²) in [6.07, 6.45) is 0.710. The second-order valence-corrected chi connectivity index (χ2v) is 6.67. The van der Waals surface area contributed by atoms with Gasteiger partial charge in [-0.25, -0.2) is 4.21 Å². The predicted octanol–water partition coefficient (Wildman–Crippen LogP) is 4.17. The van der Waals surface area contributed by atoms with Gasteiger partial charge in [-0.2, -0.15) is 0 Å². The minimum Gasteiger partial charge on any atom is -0.282 e. The fraction of sp³-hybridized carbons (Fsp3) is 0.294. The molecule has 3 atom stereocenters. The normalized spacial score (nSPS) is 25.8. The van der Waals surface area contributed by atoms with Crippen molar-refractivity contribution in [1.82, 2.24) is 0 Å². The van der Waals surface area contributed by atoms with Crippen molar-refractivity contribution in [1.29, 1.82) is 0 Å². The first-order valence-electron chi connectivity index (χ1n) is 6.84. The summed E-state index contributed by atoms with van der Waals surface area (Å²) in [6, 6.07) is 16.5. The molecule has 0 aliphatic carbocycles. The van der Waals surface area contributed by atoms with E-state index in [1.807, 2.05) is 0 Å². The van der Waals surface area contributed by atoms with E-state index in [-0.39, 0.29) is 11.4 Å². The lowest BCUT2D eigenvalue weighted by Gasteiger charge is -2.08. The summed E-state index contributed by atoms with van der Waals surface area (Å²) in [6.45, 7) is 4.12. The molecule has 0 spiro atoms. The molecule has 0 amide bonds. The summed E-state index contributed by atoms with van der Waals surface area (Å²) in [5, 5.41) is -0.0260. The fourth-order valence-corrected chi connectivity index (χ4v) is 3.76. The Morgan fingerprint density at radius 3 is 1.95 bits per heavy atom. The summed E-state index contributed by atoms with van der Waals surface area (Å²) >= 11 is -1.25. The van der Waals surface area contributed by atoms with Crippen LogP contribution in [0, 0.1) is 13.8 Å². The summed E-state index contributed by atoms with van der Waals surface area (Å²) in [7, 11) is 0. The molecule has 1 aliphatic heterocycles. The zero-order valence-electron chi connectivity index (χ0n) is 11.7. The molecule has 3 unspecified atom stereocenters.